The van der Waals surface area contributed by atoms with Crippen molar-refractivity contribution in [3.05, 3.63) is 89.1 Å². The van der Waals surface area contributed by atoms with Crippen LogP contribution in [0.25, 0.3) is 16.9 Å². The fourth-order valence-corrected chi connectivity index (χ4v) is 3.78. The number of nitrogens with one attached hydrogen (secondary N) is 1. The van der Waals surface area contributed by atoms with E-state index in [1.54, 1.807) is 11.3 Å². The van der Waals surface area contributed by atoms with E-state index < -0.39 is 0 Å². The summed E-state index contributed by atoms with van der Waals surface area (Å²) in [5, 5.41) is 7.20. The number of para-hydroxylation sites is 1. The van der Waals surface area contributed by atoms with E-state index in [2.05, 4.69) is 76.4 Å². The van der Waals surface area contributed by atoms with Crippen LogP contribution >= 0.6 is 11.3 Å². The number of nitrogens with zero attached hydrogens (tertiary/aromatic N) is 3. The minimum absolute atomic E-state index is 0.780. The predicted molar refractivity (Wildman–Crippen MR) is 114 cm³/mol. The number of hydrogen-bond donors (Lipinski definition) is 1. The Morgan fingerprint density at radius 3 is 2.44 bits per heavy atom. The van der Waals surface area contributed by atoms with Gasteiger partial charge in [0.15, 0.2) is 0 Å². The number of thiazole rings is 1. The molecule has 2 aromatic heterocycles. The predicted octanol–water partition coefficient (Wildman–Crippen LogP) is 5.66. The highest BCUT2D eigenvalue weighted by atomic mass is 32.1. The van der Waals surface area contributed by atoms with Crippen LogP contribution in [0.2, 0.25) is 0 Å². The molecular weight excluding hydrogens is 352 g/mol. The molecule has 0 radical (unpaired) electrons. The van der Waals surface area contributed by atoms with Crippen molar-refractivity contribution in [1.29, 1.82) is 0 Å². The van der Waals surface area contributed by atoms with E-state index in [9.17, 15) is 0 Å². The summed E-state index contributed by atoms with van der Waals surface area (Å²) in [6, 6.07) is 22.6. The summed E-state index contributed by atoms with van der Waals surface area (Å²) in [5.74, 6) is 0. The average molecular weight is 372 g/mol. The van der Waals surface area contributed by atoms with Crippen LogP contribution in [0.3, 0.4) is 0 Å². The lowest BCUT2D eigenvalue weighted by Crippen LogP contribution is -1.99. The van der Waals surface area contributed by atoms with Gasteiger partial charge < -0.3 is 4.57 Å². The molecule has 4 rings (SSSR count). The third kappa shape index (κ3) is 3.68. The van der Waals surface area contributed by atoms with Gasteiger partial charge in [0, 0.05) is 33.6 Å². The first-order valence-corrected chi connectivity index (χ1v) is 9.65. The summed E-state index contributed by atoms with van der Waals surface area (Å²) in [6.45, 7) is 4.22. The number of hydrazone groups is 1. The van der Waals surface area contributed by atoms with E-state index in [0.717, 1.165) is 33.3 Å². The van der Waals surface area contributed by atoms with Gasteiger partial charge >= 0.3 is 0 Å². The van der Waals surface area contributed by atoms with Crippen molar-refractivity contribution in [2.24, 2.45) is 5.10 Å². The van der Waals surface area contributed by atoms with Gasteiger partial charge in [-0.05, 0) is 32.0 Å². The first-order valence-electron chi connectivity index (χ1n) is 8.77. The summed E-state index contributed by atoms with van der Waals surface area (Å²) in [5.41, 5.74) is 9.70. The minimum Gasteiger partial charge on any atom is -0.318 e. The van der Waals surface area contributed by atoms with Crippen molar-refractivity contribution in [3.8, 4) is 16.9 Å². The van der Waals surface area contributed by atoms with Crippen molar-refractivity contribution in [3.63, 3.8) is 0 Å². The Bertz CT molecular complexity index is 1060. The first kappa shape index (κ1) is 17.2. The SMILES string of the molecule is Cc1cc(/C=N/Nc2nc(-c3ccccc3)cs2)c(C)n1-c1ccccc1. The van der Waals surface area contributed by atoms with Gasteiger partial charge in [0.25, 0.3) is 0 Å². The van der Waals surface area contributed by atoms with Crippen LogP contribution in [0.1, 0.15) is 17.0 Å². The van der Waals surface area contributed by atoms with E-state index in [4.69, 9.17) is 0 Å². The van der Waals surface area contributed by atoms with Crippen molar-refractivity contribution in [1.82, 2.24) is 9.55 Å². The molecule has 0 fully saturated rings. The number of anilines is 1. The molecule has 0 aliphatic carbocycles. The molecule has 0 aliphatic rings. The van der Waals surface area contributed by atoms with Gasteiger partial charge in [0.1, 0.15) is 0 Å². The molecule has 1 N–H and O–H groups in total. The maximum absolute atomic E-state index is 4.59. The lowest BCUT2D eigenvalue weighted by atomic mass is 10.2. The monoisotopic (exact) mass is 372 g/mol. The minimum atomic E-state index is 0.780. The van der Waals surface area contributed by atoms with E-state index >= 15 is 0 Å². The molecule has 0 saturated heterocycles. The Balaban J connectivity index is 1.51. The lowest BCUT2D eigenvalue weighted by Gasteiger charge is -2.08. The Hall–Kier alpha value is -3.18. The smallest absolute Gasteiger partial charge is 0.203 e. The summed E-state index contributed by atoms with van der Waals surface area (Å²) in [4.78, 5) is 4.59. The van der Waals surface area contributed by atoms with Gasteiger partial charge in [-0.25, -0.2) is 4.98 Å². The fourth-order valence-electron chi connectivity index (χ4n) is 3.12. The molecule has 0 amide bonds. The molecule has 0 aliphatic heterocycles. The van der Waals surface area contributed by atoms with Crippen molar-refractivity contribution >= 4 is 22.7 Å². The van der Waals surface area contributed by atoms with Crippen molar-refractivity contribution < 1.29 is 0 Å². The number of aromatic nitrogens is 2. The molecule has 27 heavy (non-hydrogen) atoms. The van der Waals surface area contributed by atoms with Crippen molar-refractivity contribution in [2.45, 2.75) is 13.8 Å². The van der Waals surface area contributed by atoms with E-state index in [0.29, 0.717) is 0 Å². The van der Waals surface area contributed by atoms with Crippen LogP contribution in [0.4, 0.5) is 5.13 Å². The second-order valence-corrected chi connectivity index (χ2v) is 7.13. The zero-order chi connectivity index (χ0) is 18.6. The highest BCUT2D eigenvalue weighted by Crippen LogP contribution is 2.24. The van der Waals surface area contributed by atoms with E-state index in [1.165, 1.54) is 5.69 Å². The summed E-state index contributed by atoms with van der Waals surface area (Å²) < 4.78 is 2.23. The fraction of sp³-hybridized carbons (Fsp3) is 0.0909. The first-order chi connectivity index (χ1) is 13.2. The molecule has 134 valence electrons. The largest absolute Gasteiger partial charge is 0.318 e. The third-order valence-corrected chi connectivity index (χ3v) is 5.17. The van der Waals surface area contributed by atoms with Crippen LogP contribution in [-0.4, -0.2) is 15.8 Å². The summed E-state index contributed by atoms with van der Waals surface area (Å²) >= 11 is 1.55. The molecule has 2 aromatic carbocycles. The lowest BCUT2D eigenvalue weighted by molar-refractivity contribution is 0.965. The zero-order valence-corrected chi connectivity index (χ0v) is 16.1. The Morgan fingerprint density at radius 1 is 1.00 bits per heavy atom. The highest BCUT2D eigenvalue weighted by Gasteiger charge is 2.09. The number of hydrogen-bond acceptors (Lipinski definition) is 4. The second kappa shape index (κ2) is 7.60. The van der Waals surface area contributed by atoms with Crippen LogP contribution in [-0.2, 0) is 0 Å². The molecule has 0 atom stereocenters. The van der Waals surface area contributed by atoms with Gasteiger partial charge in [0.05, 0.1) is 11.9 Å². The number of rotatable bonds is 5. The molecule has 0 unspecified atom stereocenters. The molecule has 4 nitrogen and oxygen atoms in total. The molecular formula is C22H20N4S. The van der Waals surface area contributed by atoms with E-state index in [1.807, 2.05) is 35.9 Å². The van der Waals surface area contributed by atoms with Gasteiger partial charge in [-0.2, -0.15) is 5.10 Å². The van der Waals surface area contributed by atoms with Crippen molar-refractivity contribution in [2.75, 3.05) is 5.43 Å². The molecule has 0 bridgehead atoms. The Kier molecular flexibility index (Phi) is 4.85. The van der Waals surface area contributed by atoms with Gasteiger partial charge in [-0.15, -0.1) is 11.3 Å². The zero-order valence-electron chi connectivity index (χ0n) is 15.3. The van der Waals surface area contributed by atoms with Gasteiger partial charge in [0.2, 0.25) is 5.13 Å². The normalized spacial score (nSPS) is 11.2. The standard InChI is InChI=1S/C22H20N4S/c1-16-13-19(17(2)26(16)20-11-7-4-8-12-20)14-23-25-22-24-21(15-27-22)18-9-5-3-6-10-18/h3-15H,1-2H3,(H,24,25)/b23-14+. The second-order valence-electron chi connectivity index (χ2n) is 6.27. The highest BCUT2D eigenvalue weighted by molar-refractivity contribution is 7.14. The molecule has 4 aromatic rings. The number of aryl methyl sites for hydroxylation is 1. The number of benzene rings is 2. The quantitative estimate of drug-likeness (QED) is 0.363. The maximum atomic E-state index is 4.59. The molecule has 2 heterocycles. The Morgan fingerprint density at radius 2 is 1.70 bits per heavy atom. The molecule has 0 saturated carbocycles. The summed E-state index contributed by atoms with van der Waals surface area (Å²) in [7, 11) is 0. The van der Waals surface area contributed by atoms with Crippen LogP contribution < -0.4 is 5.43 Å². The molecule has 0 spiro atoms. The topological polar surface area (TPSA) is 42.2 Å². The van der Waals surface area contributed by atoms with Crippen LogP contribution in [0, 0.1) is 13.8 Å². The van der Waals surface area contributed by atoms with Gasteiger partial charge in [-0.3, -0.25) is 5.43 Å². The van der Waals surface area contributed by atoms with E-state index in [-0.39, 0.29) is 0 Å². The maximum Gasteiger partial charge on any atom is 0.203 e. The van der Waals surface area contributed by atoms with Crippen LogP contribution in [0.5, 0.6) is 0 Å². The summed E-state index contributed by atoms with van der Waals surface area (Å²) in [6.07, 6.45) is 1.85. The Labute approximate surface area is 162 Å². The van der Waals surface area contributed by atoms with Gasteiger partial charge in [-0.1, -0.05) is 48.5 Å². The average Bonchev–Trinajstić information content (AvgIpc) is 3.28. The van der Waals surface area contributed by atoms with Crippen LogP contribution in [0.15, 0.2) is 77.2 Å². The third-order valence-electron chi connectivity index (χ3n) is 4.42. The molecule has 5 heteroatoms.